The van der Waals surface area contributed by atoms with E-state index in [0.29, 0.717) is 23.3 Å². The van der Waals surface area contributed by atoms with E-state index in [1.807, 2.05) is 20.8 Å². The number of phenols is 1. The fourth-order valence-electron chi connectivity index (χ4n) is 4.73. The van der Waals surface area contributed by atoms with Crippen LogP contribution in [-0.2, 0) is 19.9 Å². The Kier molecular flexibility index (Phi) is 6.44. The summed E-state index contributed by atoms with van der Waals surface area (Å²) in [5.41, 5.74) is -1.83. The summed E-state index contributed by atoms with van der Waals surface area (Å²) >= 11 is 0. The van der Waals surface area contributed by atoms with E-state index in [9.17, 15) is 20.1 Å². The molecule has 0 spiro atoms. The van der Waals surface area contributed by atoms with Crippen molar-refractivity contribution in [2.24, 2.45) is 5.41 Å². The second-order valence-electron chi connectivity index (χ2n) is 10.1. The highest BCUT2D eigenvalue weighted by Gasteiger charge is 2.51. The summed E-state index contributed by atoms with van der Waals surface area (Å²) in [6, 6.07) is 9.89. The van der Waals surface area contributed by atoms with Gasteiger partial charge in [0.05, 0.1) is 24.0 Å². The Bertz CT molecular complexity index is 1140. The SMILES string of the molecule is COc1ccc(C2(O)c3c(ccc(C=CC4(C)CCC(C)(C)C(O)O4)c3O)NC(=O)C2OC)cc1. The lowest BCUT2D eigenvalue weighted by atomic mass is 9.76. The third-order valence-electron chi connectivity index (χ3n) is 7.16. The Balaban J connectivity index is 1.78. The lowest BCUT2D eigenvalue weighted by Gasteiger charge is -2.43. The second kappa shape index (κ2) is 8.95. The fraction of sp³-hybridized carbons (Fsp3) is 0.444. The van der Waals surface area contributed by atoms with E-state index in [1.54, 1.807) is 48.6 Å². The third-order valence-corrected chi connectivity index (χ3v) is 7.16. The molecular weight excluding hydrogens is 450 g/mol. The van der Waals surface area contributed by atoms with Crippen molar-refractivity contribution in [3.63, 3.8) is 0 Å². The van der Waals surface area contributed by atoms with E-state index in [0.717, 1.165) is 6.42 Å². The monoisotopic (exact) mass is 483 g/mol. The maximum absolute atomic E-state index is 12.8. The van der Waals surface area contributed by atoms with Crippen LogP contribution in [0.5, 0.6) is 11.5 Å². The Morgan fingerprint density at radius 2 is 1.77 bits per heavy atom. The highest BCUT2D eigenvalue weighted by atomic mass is 16.6. The average Bonchev–Trinajstić information content (AvgIpc) is 2.82. The third kappa shape index (κ3) is 4.31. The number of aromatic hydroxyl groups is 1. The van der Waals surface area contributed by atoms with Crippen molar-refractivity contribution < 1.29 is 34.3 Å². The molecular formula is C27H33NO7. The number of ether oxygens (including phenoxy) is 3. The summed E-state index contributed by atoms with van der Waals surface area (Å²) in [7, 11) is 2.87. The fourth-order valence-corrected chi connectivity index (χ4v) is 4.73. The van der Waals surface area contributed by atoms with Crippen molar-refractivity contribution in [2.45, 2.75) is 57.2 Å². The molecule has 8 nitrogen and oxygen atoms in total. The van der Waals surface area contributed by atoms with Gasteiger partial charge in [-0.25, -0.2) is 0 Å². The maximum atomic E-state index is 12.8. The number of nitrogens with one attached hydrogen (secondary N) is 1. The predicted octanol–water partition coefficient (Wildman–Crippen LogP) is 3.53. The molecule has 0 saturated carbocycles. The van der Waals surface area contributed by atoms with Gasteiger partial charge < -0.3 is 34.8 Å². The summed E-state index contributed by atoms with van der Waals surface area (Å²) < 4.78 is 16.5. The smallest absolute Gasteiger partial charge is 0.257 e. The zero-order valence-corrected chi connectivity index (χ0v) is 20.7. The van der Waals surface area contributed by atoms with Crippen molar-refractivity contribution in [1.82, 2.24) is 0 Å². The van der Waals surface area contributed by atoms with Crippen molar-refractivity contribution in [2.75, 3.05) is 19.5 Å². The predicted molar refractivity (Wildman–Crippen MR) is 131 cm³/mol. The minimum absolute atomic E-state index is 0.132. The van der Waals surface area contributed by atoms with Gasteiger partial charge in [-0.05, 0) is 49.6 Å². The molecule has 4 N–H and O–H groups in total. The standard InChI is InChI=1S/C27H33NO7/c1-25(2)14-15-26(3,35-24(25)31)13-12-16-6-11-19-20(21(16)29)27(32,22(34-5)23(30)28-19)17-7-9-18(33-4)10-8-17/h6-13,22,24,29,31-32H,14-15H2,1-5H3,(H,28,30). The number of fused-ring (bicyclic) bond motifs is 1. The number of methoxy groups -OCH3 is 2. The van der Waals surface area contributed by atoms with Gasteiger partial charge in [-0.1, -0.05) is 38.1 Å². The number of hydrogen-bond donors (Lipinski definition) is 4. The molecule has 8 heteroatoms. The Morgan fingerprint density at radius 3 is 2.37 bits per heavy atom. The van der Waals surface area contributed by atoms with Gasteiger partial charge in [0.2, 0.25) is 0 Å². The number of amides is 1. The number of aliphatic hydroxyl groups is 2. The van der Waals surface area contributed by atoms with Crippen molar-refractivity contribution in [1.29, 1.82) is 0 Å². The van der Waals surface area contributed by atoms with Crippen LogP contribution in [0.2, 0.25) is 0 Å². The first-order valence-electron chi connectivity index (χ1n) is 11.6. The molecule has 2 aromatic rings. The molecule has 4 atom stereocenters. The quantitative estimate of drug-likeness (QED) is 0.514. The van der Waals surface area contributed by atoms with Crippen molar-refractivity contribution in [3.05, 3.63) is 59.2 Å². The first-order valence-corrected chi connectivity index (χ1v) is 11.6. The highest BCUT2D eigenvalue weighted by Crippen LogP contribution is 2.48. The lowest BCUT2D eigenvalue weighted by molar-refractivity contribution is -0.243. The van der Waals surface area contributed by atoms with E-state index in [1.165, 1.54) is 14.2 Å². The normalized spacial score (nSPS) is 30.1. The minimum atomic E-state index is -1.96. The van der Waals surface area contributed by atoms with Crippen LogP contribution in [0.25, 0.3) is 6.08 Å². The van der Waals surface area contributed by atoms with Gasteiger partial charge in [0.1, 0.15) is 11.5 Å². The Labute approximate surface area is 205 Å². The van der Waals surface area contributed by atoms with Crippen LogP contribution < -0.4 is 10.1 Å². The summed E-state index contributed by atoms with van der Waals surface area (Å²) in [5, 5.41) is 36.4. The molecule has 4 rings (SSSR count). The molecule has 1 fully saturated rings. The number of hydrogen-bond acceptors (Lipinski definition) is 7. The van der Waals surface area contributed by atoms with Gasteiger partial charge in [0.15, 0.2) is 18.0 Å². The number of aliphatic hydroxyl groups excluding tert-OH is 1. The van der Waals surface area contributed by atoms with Gasteiger partial charge in [-0.3, -0.25) is 4.79 Å². The van der Waals surface area contributed by atoms with Crippen molar-refractivity contribution >= 4 is 17.7 Å². The van der Waals surface area contributed by atoms with E-state index >= 15 is 0 Å². The van der Waals surface area contributed by atoms with Crippen LogP contribution in [0.3, 0.4) is 0 Å². The minimum Gasteiger partial charge on any atom is -0.507 e. The molecule has 2 aliphatic heterocycles. The second-order valence-corrected chi connectivity index (χ2v) is 10.1. The molecule has 4 unspecified atom stereocenters. The molecule has 1 amide bonds. The number of carbonyl (C=O) groups is 1. The van der Waals surface area contributed by atoms with Crippen LogP contribution >= 0.6 is 0 Å². The number of carbonyl (C=O) groups excluding carboxylic acids is 1. The number of benzene rings is 2. The number of anilines is 1. The average molecular weight is 484 g/mol. The molecule has 0 aliphatic carbocycles. The van der Waals surface area contributed by atoms with Crippen LogP contribution in [0, 0.1) is 5.41 Å². The van der Waals surface area contributed by atoms with Gasteiger partial charge in [0.25, 0.3) is 5.91 Å². The summed E-state index contributed by atoms with van der Waals surface area (Å²) in [5.74, 6) is -0.140. The van der Waals surface area contributed by atoms with Gasteiger partial charge in [-0.15, -0.1) is 0 Å². The maximum Gasteiger partial charge on any atom is 0.257 e. The topological polar surface area (TPSA) is 117 Å². The zero-order valence-electron chi connectivity index (χ0n) is 20.7. The molecule has 0 radical (unpaired) electrons. The summed E-state index contributed by atoms with van der Waals surface area (Å²) in [6.45, 7) is 5.79. The summed E-state index contributed by atoms with van der Waals surface area (Å²) in [4.78, 5) is 12.8. The first kappa shape index (κ1) is 25.2. The largest absolute Gasteiger partial charge is 0.507 e. The van der Waals surface area contributed by atoms with Gasteiger partial charge in [0, 0.05) is 18.1 Å². The van der Waals surface area contributed by atoms with E-state index in [2.05, 4.69) is 5.32 Å². The molecule has 0 bridgehead atoms. The molecule has 2 aromatic carbocycles. The Morgan fingerprint density at radius 1 is 1.09 bits per heavy atom. The van der Waals surface area contributed by atoms with Crippen LogP contribution in [0.1, 0.15) is 50.3 Å². The molecule has 2 heterocycles. The summed E-state index contributed by atoms with van der Waals surface area (Å²) in [6.07, 6.45) is 2.74. The van der Waals surface area contributed by atoms with Crippen LogP contribution in [0.15, 0.2) is 42.5 Å². The van der Waals surface area contributed by atoms with Crippen molar-refractivity contribution in [3.8, 4) is 11.5 Å². The molecule has 0 aromatic heterocycles. The molecule has 35 heavy (non-hydrogen) atoms. The number of rotatable bonds is 5. The molecule has 2 aliphatic rings. The van der Waals surface area contributed by atoms with Crippen LogP contribution in [-0.4, -0.2) is 53.4 Å². The zero-order chi connectivity index (χ0) is 25.6. The van der Waals surface area contributed by atoms with Gasteiger partial charge >= 0.3 is 0 Å². The van der Waals surface area contributed by atoms with E-state index in [4.69, 9.17) is 14.2 Å². The molecule has 188 valence electrons. The Hall–Kier alpha value is -2.91. The first-order chi connectivity index (χ1) is 16.4. The molecule has 1 saturated heterocycles. The van der Waals surface area contributed by atoms with Gasteiger partial charge in [-0.2, -0.15) is 0 Å². The van der Waals surface area contributed by atoms with Crippen LogP contribution in [0.4, 0.5) is 5.69 Å². The van der Waals surface area contributed by atoms with E-state index < -0.39 is 29.5 Å². The lowest BCUT2D eigenvalue weighted by Crippen LogP contribution is -2.52. The van der Waals surface area contributed by atoms with E-state index in [-0.39, 0.29) is 22.4 Å². The number of phenolic OH excluding ortho intramolecular Hbond substituents is 1. The highest BCUT2D eigenvalue weighted by molar-refractivity contribution is 6.00.